The number of nitrogens with one attached hydrogen (secondary N) is 8. The number of likely N-dealkylation sites (tertiary alicyclic amines) is 1. The average molecular weight is 1900 g/mol. The van der Waals surface area contributed by atoms with Crippen LogP contribution >= 0.6 is 83.7 Å². The Balaban J connectivity index is 0.000000135. The molecule has 0 spiro atoms. The second-order valence-corrected chi connectivity index (χ2v) is 38.7. The fraction of sp³-hybridized carbons (Fsp3) is 0.360. The molecule has 1 saturated heterocycles. The summed E-state index contributed by atoms with van der Waals surface area (Å²) in [4.78, 5) is 70.8. The molecule has 0 radical (unpaired) electrons. The third-order valence-corrected chi connectivity index (χ3v) is 25.7. The van der Waals surface area contributed by atoms with Crippen molar-refractivity contribution in [1.82, 2.24) is 79.4 Å². The van der Waals surface area contributed by atoms with Gasteiger partial charge < -0.3 is 67.0 Å². The number of aryl methyl sites for hydroxylation is 7. The van der Waals surface area contributed by atoms with Crippen LogP contribution in [0, 0.1) is 26.7 Å². The number of piperidine rings is 1. The highest BCUT2D eigenvalue weighted by Crippen LogP contribution is 2.45. The van der Waals surface area contributed by atoms with Gasteiger partial charge in [-0.1, -0.05) is 103 Å². The van der Waals surface area contributed by atoms with E-state index in [2.05, 4.69) is 203 Å². The van der Waals surface area contributed by atoms with Gasteiger partial charge in [-0.15, -0.1) is 0 Å². The zero-order valence-electron chi connectivity index (χ0n) is 76.9. The third-order valence-electron chi connectivity index (χ3n) is 24.0. The maximum absolute atomic E-state index is 6.21. The Bertz CT molecular complexity index is 6240. The molecule has 18 rings (SSSR count). The molecule has 12 aromatic rings. The van der Waals surface area contributed by atoms with Crippen molar-refractivity contribution in [1.29, 1.82) is 0 Å². The molecular formula is C100H114Cl3N25S4. The Morgan fingerprint density at radius 1 is 0.402 bits per heavy atom. The molecule has 5 aliphatic heterocycles. The quantitative estimate of drug-likeness (QED) is 0.0234. The molecule has 32 heteroatoms. The average Bonchev–Trinajstić information content (AvgIpc) is 1.60. The molecule has 8 N–H and O–H groups in total. The number of pyridine rings is 4. The summed E-state index contributed by atoms with van der Waals surface area (Å²) in [5.41, 5.74) is 27.5. The van der Waals surface area contributed by atoms with E-state index in [9.17, 15) is 0 Å². The van der Waals surface area contributed by atoms with Crippen LogP contribution in [0.3, 0.4) is 0 Å². The van der Waals surface area contributed by atoms with E-state index >= 15 is 0 Å². The predicted octanol–water partition coefficient (Wildman–Crippen LogP) is 21.3. The monoisotopic (exact) mass is 1900 g/mol. The highest BCUT2D eigenvalue weighted by Gasteiger charge is 2.29. The maximum Gasteiger partial charge on any atom is 0.227 e. The minimum atomic E-state index is 0.513. The summed E-state index contributed by atoms with van der Waals surface area (Å²) in [6.07, 6.45) is 27.2. The molecule has 1 aliphatic carbocycles. The minimum Gasteiger partial charge on any atom is -0.360 e. The van der Waals surface area contributed by atoms with Gasteiger partial charge in [-0.05, 0) is 305 Å². The highest BCUT2D eigenvalue weighted by atomic mass is 35.5. The van der Waals surface area contributed by atoms with E-state index in [0.717, 1.165) is 239 Å². The second kappa shape index (κ2) is 44.3. The van der Waals surface area contributed by atoms with Crippen molar-refractivity contribution in [2.45, 2.75) is 136 Å². The van der Waals surface area contributed by atoms with E-state index < -0.39 is 0 Å². The molecule has 684 valence electrons. The van der Waals surface area contributed by atoms with Crippen molar-refractivity contribution in [3.05, 3.63) is 229 Å². The van der Waals surface area contributed by atoms with Crippen LogP contribution in [0.15, 0.2) is 146 Å². The summed E-state index contributed by atoms with van der Waals surface area (Å²) < 4.78 is 0. The van der Waals surface area contributed by atoms with Crippen molar-refractivity contribution in [3.63, 3.8) is 0 Å². The summed E-state index contributed by atoms with van der Waals surface area (Å²) in [6.45, 7) is 14.6. The van der Waals surface area contributed by atoms with Crippen LogP contribution in [0.4, 0.5) is 75.1 Å². The number of hydrogen-bond acceptors (Lipinski definition) is 25. The third kappa shape index (κ3) is 25.5. The van der Waals surface area contributed by atoms with Gasteiger partial charge in [0.2, 0.25) is 23.8 Å². The predicted molar refractivity (Wildman–Crippen MR) is 559 cm³/mol. The van der Waals surface area contributed by atoms with Crippen molar-refractivity contribution in [2.75, 3.05) is 143 Å². The summed E-state index contributed by atoms with van der Waals surface area (Å²) in [6, 6.07) is 36.4. The summed E-state index contributed by atoms with van der Waals surface area (Å²) in [5, 5.41) is 28.7. The van der Waals surface area contributed by atoms with Crippen molar-refractivity contribution in [2.24, 2.45) is 5.92 Å². The van der Waals surface area contributed by atoms with Crippen LogP contribution in [0.5, 0.6) is 0 Å². The van der Waals surface area contributed by atoms with Crippen LogP contribution in [0.2, 0.25) is 15.1 Å². The molecule has 132 heavy (non-hydrogen) atoms. The molecule has 0 unspecified atom stereocenters. The summed E-state index contributed by atoms with van der Waals surface area (Å²) >= 11 is 40.7. The standard InChI is InChI=1S/C26H29ClN6S.C26H30N6S.C24H28ClN7S.C24H27ClN6S/c1-16-22(8-6-20(29-16)5-3-17-9-11-33(2)12-10-17)31-26-28-15-18-13-24(34)30-23-14-19(27)4-7-21(23)25(18)32-26;1-16-22(11-17(14-27-16)5-4-10-32(2)3)30-26-28-15-20-13-24(33)29-23-12-19(18-6-7-18)8-9-21(23)25(20)31-26;1-15-19(8-9-21(27-15)32(4)11-5-10-31(2)3)29-24-26-14-16-12-22(33)28-20-13-17(25)6-7-18(20)23(16)30-24;1-4-19-21(10-15(13-26-19)6-5-9-31(2)3)29-24-27-14-16-11-22(32)28-20-12-17(25)7-8-18(20)23(16)30-24/h4,6-8,14-15,17H,3,5,9-13H2,1-2H3,(H,30,34)(H,28,31,32);8-9,11-12,14-15,18H,4-7,10,13H2,1-3H3,(H,29,33)(H,28,30,31);6-9,13-14H,5,10-12H2,1-4H3,(H,28,33)(H,26,29,30);7-8,10,12-14H,4-6,9,11H2,1-3H3,(H,28,32)(H,27,29,30). The van der Waals surface area contributed by atoms with Gasteiger partial charge in [0.15, 0.2) is 0 Å². The molecule has 4 aromatic carbocycles. The molecule has 0 amide bonds. The van der Waals surface area contributed by atoms with E-state index in [0.29, 0.717) is 75.5 Å². The van der Waals surface area contributed by atoms with Gasteiger partial charge in [0.05, 0.1) is 88.3 Å². The largest absolute Gasteiger partial charge is 0.360 e. The van der Waals surface area contributed by atoms with Crippen molar-refractivity contribution < 1.29 is 0 Å². The van der Waals surface area contributed by atoms with E-state index in [1.165, 1.54) is 61.9 Å². The van der Waals surface area contributed by atoms with Gasteiger partial charge in [-0.3, -0.25) is 15.0 Å². The normalized spacial score (nSPS) is 14.2. The van der Waals surface area contributed by atoms with Crippen LogP contribution in [-0.4, -0.2) is 195 Å². The molecule has 0 atom stereocenters. The number of fused-ring (bicyclic) bond motifs is 12. The van der Waals surface area contributed by atoms with Gasteiger partial charge in [0.1, 0.15) is 5.82 Å². The van der Waals surface area contributed by atoms with E-state index in [1.54, 1.807) is 0 Å². The SMILES string of the molecule is CCc1ncc(CCCN(C)C)cc1Nc1ncc2c(n1)-c1ccc(Cl)cc1NC(=S)C2.Cc1nc(CCC2CCN(C)CC2)ccc1Nc1ncc2c(n1)-c1ccc(Cl)cc1NC(=S)C2.Cc1nc(N(C)CCCN(C)C)ccc1Nc1ncc2c(n1)-c1ccc(Cl)cc1NC(=S)C2.Cc1ncc(CCCN(C)C)cc1Nc1ncc2c(n1)-c1ccc(C3CC3)cc1NC(=S)C2. The first-order valence-electron chi connectivity index (χ1n) is 45.1. The molecular weight excluding hydrogens is 1790 g/mol. The molecule has 8 aromatic heterocycles. The molecule has 1 saturated carbocycles. The lowest BCUT2D eigenvalue weighted by Crippen LogP contribution is -2.30. The Kier molecular flexibility index (Phi) is 32.1. The van der Waals surface area contributed by atoms with Gasteiger partial charge in [-0.25, -0.2) is 44.9 Å². The topological polar surface area (TPSA) is 267 Å². The first-order chi connectivity index (χ1) is 63.6. The molecule has 0 bridgehead atoms. The lowest BCUT2D eigenvalue weighted by molar-refractivity contribution is 0.212. The number of hydrogen-bond donors (Lipinski definition) is 8. The Hall–Kier alpha value is -10.9. The number of aromatic nitrogens is 12. The van der Waals surface area contributed by atoms with Crippen molar-refractivity contribution >= 4 is 179 Å². The lowest BCUT2D eigenvalue weighted by Gasteiger charge is -2.28. The lowest BCUT2D eigenvalue weighted by atomic mass is 9.92. The zero-order valence-corrected chi connectivity index (χ0v) is 82.5. The van der Waals surface area contributed by atoms with E-state index in [1.807, 2.05) is 125 Å². The number of anilines is 13. The molecule has 6 aliphatic rings. The smallest absolute Gasteiger partial charge is 0.227 e. The van der Waals surface area contributed by atoms with E-state index in [-0.39, 0.29) is 0 Å². The number of nitrogens with zero attached hydrogens (tertiary/aromatic N) is 17. The van der Waals surface area contributed by atoms with Gasteiger partial charge in [0.25, 0.3) is 0 Å². The first kappa shape index (κ1) is 95.7. The highest BCUT2D eigenvalue weighted by molar-refractivity contribution is 7.81. The minimum absolute atomic E-state index is 0.513. The molecule has 2 fully saturated rings. The Labute approximate surface area is 811 Å². The Morgan fingerprint density at radius 3 is 1.23 bits per heavy atom. The van der Waals surface area contributed by atoms with Gasteiger partial charge in [0, 0.05) is 164 Å². The number of thiocarbonyl (C=S) groups is 4. The maximum atomic E-state index is 6.21. The van der Waals surface area contributed by atoms with Crippen molar-refractivity contribution in [3.8, 4) is 45.0 Å². The molecule has 25 nitrogen and oxygen atoms in total. The zero-order chi connectivity index (χ0) is 92.8. The first-order valence-corrected chi connectivity index (χ1v) is 47.9. The number of halogens is 3. The molecule has 13 heterocycles. The fourth-order valence-electron chi connectivity index (χ4n) is 16.6. The second-order valence-electron chi connectivity index (χ2n) is 35.4. The van der Waals surface area contributed by atoms with Crippen LogP contribution in [-0.2, 0) is 51.4 Å². The van der Waals surface area contributed by atoms with Gasteiger partial charge in [-0.2, -0.15) is 0 Å². The number of benzene rings is 4. The summed E-state index contributed by atoms with van der Waals surface area (Å²) in [5.74, 6) is 4.62. The fourth-order valence-corrected chi connectivity index (χ4v) is 18.2. The summed E-state index contributed by atoms with van der Waals surface area (Å²) in [7, 11) is 16.8. The Morgan fingerprint density at radius 2 is 0.803 bits per heavy atom. The van der Waals surface area contributed by atoms with Crippen LogP contribution in [0.1, 0.15) is 132 Å². The van der Waals surface area contributed by atoms with Crippen LogP contribution < -0.4 is 47.4 Å². The van der Waals surface area contributed by atoms with Crippen LogP contribution in [0.25, 0.3) is 45.0 Å². The number of rotatable bonds is 26. The van der Waals surface area contributed by atoms with E-state index in [4.69, 9.17) is 114 Å². The van der Waals surface area contributed by atoms with Gasteiger partial charge >= 0.3 is 0 Å².